The number of carbonyl (C=O) groups is 3. The highest BCUT2D eigenvalue weighted by atomic mass is 16.5. The summed E-state index contributed by atoms with van der Waals surface area (Å²) >= 11 is 0. The van der Waals surface area contributed by atoms with Crippen molar-refractivity contribution in [3.63, 3.8) is 0 Å². The molecule has 1 aliphatic rings. The predicted octanol–water partition coefficient (Wildman–Crippen LogP) is 1.72. The third-order valence-corrected chi connectivity index (χ3v) is 3.80. The van der Waals surface area contributed by atoms with Crippen molar-refractivity contribution in [2.24, 2.45) is 5.41 Å². The van der Waals surface area contributed by atoms with Gasteiger partial charge in [0.1, 0.15) is 5.60 Å². The Hall–Kier alpha value is -1.95. The van der Waals surface area contributed by atoms with Crippen molar-refractivity contribution in [1.82, 2.24) is 0 Å². The minimum atomic E-state index is -1.60. The second kappa shape index (κ2) is 6.66. The Balaban J connectivity index is 3.45. The molecular weight excluding hydrogens is 300 g/mol. The van der Waals surface area contributed by atoms with Crippen LogP contribution < -0.4 is 0 Å². The fraction of sp³-hybridized carbons (Fsp3) is 0.588. The van der Waals surface area contributed by atoms with Crippen LogP contribution in [0.25, 0.3) is 0 Å². The first-order valence-corrected chi connectivity index (χ1v) is 7.30. The van der Waals surface area contributed by atoms with Crippen LogP contribution in [0.2, 0.25) is 0 Å². The fourth-order valence-corrected chi connectivity index (χ4v) is 2.75. The molecule has 0 aliphatic heterocycles. The number of hydrogen-bond donors (Lipinski definition) is 1. The zero-order valence-corrected chi connectivity index (χ0v) is 14.5. The van der Waals surface area contributed by atoms with Crippen LogP contribution in [-0.4, -0.2) is 42.6 Å². The molecule has 0 aromatic carbocycles. The minimum absolute atomic E-state index is 0.00861. The molecule has 1 N–H and O–H groups in total. The Morgan fingerprint density at radius 1 is 1.09 bits per heavy atom. The number of aliphatic hydroxyl groups is 1. The number of ketones is 1. The summed E-state index contributed by atoms with van der Waals surface area (Å²) in [4.78, 5) is 37.0. The molecule has 0 unspecified atom stereocenters. The van der Waals surface area contributed by atoms with Gasteiger partial charge in [-0.3, -0.25) is 14.4 Å². The second-order valence-electron chi connectivity index (χ2n) is 6.53. The third kappa shape index (κ3) is 3.69. The lowest BCUT2D eigenvalue weighted by molar-refractivity contribution is -0.168. The van der Waals surface area contributed by atoms with Crippen LogP contribution in [0, 0.1) is 5.41 Å². The van der Waals surface area contributed by atoms with E-state index in [-0.39, 0.29) is 18.4 Å². The zero-order valence-electron chi connectivity index (χ0n) is 14.5. The first-order chi connectivity index (χ1) is 10.5. The number of carbonyl (C=O) groups excluding carboxylic acids is 3. The molecular formula is C17H24O6. The Morgan fingerprint density at radius 3 is 1.91 bits per heavy atom. The molecule has 0 saturated carbocycles. The van der Waals surface area contributed by atoms with E-state index in [1.165, 1.54) is 28.1 Å². The molecule has 0 fully saturated rings. The molecule has 23 heavy (non-hydrogen) atoms. The summed E-state index contributed by atoms with van der Waals surface area (Å²) in [5.41, 5.74) is -1.46. The lowest BCUT2D eigenvalue weighted by Crippen LogP contribution is -2.40. The van der Waals surface area contributed by atoms with E-state index in [1.807, 2.05) is 13.8 Å². The molecule has 6 nitrogen and oxygen atoms in total. The third-order valence-electron chi connectivity index (χ3n) is 3.80. The van der Waals surface area contributed by atoms with Gasteiger partial charge < -0.3 is 14.6 Å². The molecule has 0 bridgehead atoms. The number of allylic oxidation sites excluding steroid dienone is 3. The standard InChI is InChI=1S/C17H24O6/c1-10(2)7-11-8-17(14(19)22-5,15(20)23-6)9-12(11)13(18)16(3,4)21/h7,21H,8-9H2,1-6H3. The topological polar surface area (TPSA) is 89.9 Å². The number of ether oxygens (including phenoxy) is 2. The zero-order chi connectivity index (χ0) is 18.0. The quantitative estimate of drug-likeness (QED) is 0.612. The molecule has 6 heteroatoms. The van der Waals surface area contributed by atoms with Crippen LogP contribution in [0.3, 0.4) is 0 Å². The Labute approximate surface area is 136 Å². The second-order valence-corrected chi connectivity index (χ2v) is 6.53. The average molecular weight is 324 g/mol. The number of Topliss-reactive ketones (excluding diaryl/α,β-unsaturated/α-hetero) is 1. The maximum atomic E-state index is 12.5. The van der Waals surface area contributed by atoms with Gasteiger partial charge in [-0.2, -0.15) is 0 Å². The molecule has 0 amide bonds. The van der Waals surface area contributed by atoms with E-state index in [0.29, 0.717) is 5.57 Å². The van der Waals surface area contributed by atoms with Gasteiger partial charge >= 0.3 is 11.9 Å². The van der Waals surface area contributed by atoms with Crippen molar-refractivity contribution >= 4 is 17.7 Å². The summed E-state index contributed by atoms with van der Waals surface area (Å²) in [5.74, 6) is -2.01. The van der Waals surface area contributed by atoms with Gasteiger partial charge in [-0.1, -0.05) is 11.6 Å². The van der Waals surface area contributed by atoms with Crippen molar-refractivity contribution < 1.29 is 29.0 Å². The van der Waals surface area contributed by atoms with Crippen LogP contribution >= 0.6 is 0 Å². The van der Waals surface area contributed by atoms with Gasteiger partial charge in [0.05, 0.1) is 14.2 Å². The van der Waals surface area contributed by atoms with Crippen LogP contribution in [0.4, 0.5) is 0 Å². The normalized spacial score (nSPS) is 16.8. The molecule has 128 valence electrons. The van der Waals surface area contributed by atoms with Gasteiger partial charge in [0.2, 0.25) is 0 Å². The van der Waals surface area contributed by atoms with Crippen molar-refractivity contribution in [1.29, 1.82) is 0 Å². The molecule has 0 saturated heterocycles. The van der Waals surface area contributed by atoms with Gasteiger partial charge in [-0.15, -0.1) is 0 Å². The van der Waals surface area contributed by atoms with E-state index < -0.39 is 28.7 Å². The molecule has 1 aliphatic carbocycles. The molecule has 1 rings (SSSR count). The van der Waals surface area contributed by atoms with E-state index in [2.05, 4.69) is 0 Å². The molecule has 0 atom stereocenters. The maximum Gasteiger partial charge on any atom is 0.323 e. The molecule has 0 heterocycles. The summed E-state index contributed by atoms with van der Waals surface area (Å²) in [6.07, 6.45) is 1.61. The number of methoxy groups -OCH3 is 2. The van der Waals surface area contributed by atoms with Gasteiger partial charge in [0.15, 0.2) is 11.2 Å². The van der Waals surface area contributed by atoms with Crippen LogP contribution in [0.15, 0.2) is 22.8 Å². The summed E-state index contributed by atoms with van der Waals surface area (Å²) in [7, 11) is 2.37. The largest absolute Gasteiger partial charge is 0.468 e. The van der Waals surface area contributed by atoms with Crippen LogP contribution in [0.1, 0.15) is 40.5 Å². The average Bonchev–Trinajstić information content (AvgIpc) is 2.83. The number of esters is 2. The van der Waals surface area contributed by atoms with Crippen molar-refractivity contribution in [2.75, 3.05) is 14.2 Å². The predicted molar refractivity (Wildman–Crippen MR) is 83.5 cm³/mol. The van der Waals surface area contributed by atoms with E-state index in [9.17, 15) is 19.5 Å². The van der Waals surface area contributed by atoms with E-state index in [0.717, 1.165) is 5.57 Å². The van der Waals surface area contributed by atoms with Crippen molar-refractivity contribution in [3.8, 4) is 0 Å². The Bertz CT molecular complexity index is 569. The minimum Gasteiger partial charge on any atom is -0.468 e. The van der Waals surface area contributed by atoms with Crippen molar-refractivity contribution in [3.05, 3.63) is 22.8 Å². The lowest BCUT2D eigenvalue weighted by Gasteiger charge is -2.24. The molecule has 0 spiro atoms. The Morgan fingerprint density at radius 2 is 1.57 bits per heavy atom. The van der Waals surface area contributed by atoms with Gasteiger partial charge in [-0.05, 0) is 39.7 Å². The first kappa shape index (κ1) is 19.1. The highest BCUT2D eigenvalue weighted by Crippen LogP contribution is 2.46. The highest BCUT2D eigenvalue weighted by Gasteiger charge is 2.55. The fourth-order valence-electron chi connectivity index (χ4n) is 2.75. The van der Waals surface area contributed by atoms with E-state index in [1.54, 1.807) is 6.08 Å². The molecule has 0 radical (unpaired) electrons. The van der Waals surface area contributed by atoms with Gasteiger partial charge in [0, 0.05) is 12.0 Å². The highest BCUT2D eigenvalue weighted by molar-refractivity contribution is 6.08. The smallest absolute Gasteiger partial charge is 0.323 e. The molecule has 0 aromatic heterocycles. The lowest BCUT2D eigenvalue weighted by atomic mass is 9.82. The monoisotopic (exact) mass is 324 g/mol. The molecule has 0 aromatic rings. The van der Waals surface area contributed by atoms with E-state index in [4.69, 9.17) is 9.47 Å². The van der Waals surface area contributed by atoms with E-state index >= 15 is 0 Å². The van der Waals surface area contributed by atoms with Crippen molar-refractivity contribution in [2.45, 2.75) is 46.1 Å². The van der Waals surface area contributed by atoms with Gasteiger partial charge in [-0.25, -0.2) is 0 Å². The summed E-state index contributed by atoms with van der Waals surface area (Å²) in [6, 6.07) is 0. The Kier molecular flexibility index (Phi) is 5.53. The summed E-state index contributed by atoms with van der Waals surface area (Å²) < 4.78 is 9.53. The van der Waals surface area contributed by atoms with Gasteiger partial charge in [0.25, 0.3) is 0 Å². The number of hydrogen-bond acceptors (Lipinski definition) is 6. The first-order valence-electron chi connectivity index (χ1n) is 7.30. The SMILES string of the molecule is COC(=O)C1(C(=O)OC)CC(C=C(C)C)=C(C(=O)C(C)(C)O)C1. The van der Waals surface area contributed by atoms with Crippen LogP contribution in [-0.2, 0) is 23.9 Å². The summed E-state index contributed by atoms with van der Waals surface area (Å²) in [5, 5.41) is 10.0. The maximum absolute atomic E-state index is 12.5. The van der Waals surface area contributed by atoms with Crippen LogP contribution in [0.5, 0.6) is 0 Å². The summed E-state index contributed by atoms with van der Waals surface area (Å²) in [6.45, 7) is 6.43. The number of rotatable bonds is 5.